The molecule has 1 heterocycles. The second kappa shape index (κ2) is 6.81. The Morgan fingerprint density at radius 2 is 2.17 bits per heavy atom. The van der Waals surface area contributed by atoms with E-state index in [-0.39, 0.29) is 5.91 Å². The summed E-state index contributed by atoms with van der Waals surface area (Å²) in [4.78, 5) is 11.7. The van der Waals surface area contributed by atoms with Crippen LogP contribution in [-0.4, -0.2) is 31.4 Å². The van der Waals surface area contributed by atoms with Gasteiger partial charge in [0.05, 0.1) is 6.61 Å². The van der Waals surface area contributed by atoms with E-state index in [4.69, 9.17) is 4.74 Å². The van der Waals surface area contributed by atoms with E-state index in [1.54, 1.807) is 0 Å². The molecule has 0 aromatic heterocycles. The highest BCUT2D eigenvalue weighted by Crippen LogP contribution is 2.25. The van der Waals surface area contributed by atoms with Gasteiger partial charge < -0.3 is 10.1 Å². The van der Waals surface area contributed by atoms with Crippen LogP contribution < -0.4 is 5.32 Å². The Morgan fingerprint density at radius 1 is 1.39 bits per heavy atom. The van der Waals surface area contributed by atoms with Crippen molar-refractivity contribution in [2.75, 3.05) is 25.5 Å². The summed E-state index contributed by atoms with van der Waals surface area (Å²) in [6.07, 6.45) is 2.29. The van der Waals surface area contributed by atoms with Gasteiger partial charge in [-0.2, -0.15) is 12.6 Å². The zero-order valence-corrected chi connectivity index (χ0v) is 11.3. The number of nitrogens with one attached hydrogen (secondary N) is 1. The molecule has 2 rings (SSSR count). The van der Waals surface area contributed by atoms with Crippen LogP contribution >= 0.6 is 12.6 Å². The molecule has 1 N–H and O–H groups in total. The summed E-state index contributed by atoms with van der Waals surface area (Å²) < 4.78 is 5.48. The fourth-order valence-electron chi connectivity index (χ4n) is 2.18. The highest BCUT2D eigenvalue weighted by Gasteiger charge is 2.16. The average molecular weight is 265 g/mol. The maximum Gasteiger partial charge on any atom is 0.251 e. The number of hydrogen-bond donors (Lipinski definition) is 2. The highest BCUT2D eigenvalue weighted by atomic mass is 32.1. The van der Waals surface area contributed by atoms with Gasteiger partial charge in [-0.3, -0.25) is 4.79 Å². The van der Waals surface area contributed by atoms with E-state index in [2.05, 4.69) is 17.9 Å². The lowest BCUT2D eigenvalue weighted by Gasteiger charge is -2.22. The monoisotopic (exact) mass is 265 g/mol. The molecular weight excluding hydrogens is 246 g/mol. The predicted octanol–water partition coefficient (Wildman–Crippen LogP) is 2.24. The first-order valence-corrected chi connectivity index (χ1v) is 7.01. The summed E-state index contributed by atoms with van der Waals surface area (Å²) in [5.74, 6) is 1.10. The van der Waals surface area contributed by atoms with Gasteiger partial charge in [0.25, 0.3) is 5.91 Å². The summed E-state index contributed by atoms with van der Waals surface area (Å²) in [6, 6.07) is 7.85. The van der Waals surface area contributed by atoms with E-state index < -0.39 is 0 Å². The second-order valence-electron chi connectivity index (χ2n) is 4.52. The summed E-state index contributed by atoms with van der Waals surface area (Å²) in [6.45, 7) is 2.27. The van der Waals surface area contributed by atoms with Crippen molar-refractivity contribution in [3.05, 3.63) is 35.4 Å². The molecule has 0 saturated carbocycles. The summed E-state index contributed by atoms with van der Waals surface area (Å²) >= 11 is 4.06. The van der Waals surface area contributed by atoms with Crippen LogP contribution in [0.1, 0.15) is 34.7 Å². The van der Waals surface area contributed by atoms with E-state index in [1.165, 1.54) is 12.0 Å². The number of hydrogen-bond acceptors (Lipinski definition) is 3. The molecule has 1 aromatic rings. The van der Waals surface area contributed by atoms with Gasteiger partial charge in [0, 0.05) is 30.4 Å². The Bertz CT molecular complexity index is 385. The molecule has 98 valence electrons. The van der Waals surface area contributed by atoms with Gasteiger partial charge in [0.15, 0.2) is 0 Å². The third-order valence-electron chi connectivity index (χ3n) is 3.20. The number of amides is 1. The Kier molecular flexibility index (Phi) is 5.08. The summed E-state index contributed by atoms with van der Waals surface area (Å²) in [7, 11) is 0. The molecule has 1 atom stereocenters. The molecule has 0 aliphatic carbocycles. The average Bonchev–Trinajstić information content (AvgIpc) is 2.46. The lowest BCUT2D eigenvalue weighted by atomic mass is 9.93. The number of carbonyl (C=O) groups is 1. The third-order valence-corrected chi connectivity index (χ3v) is 3.43. The zero-order valence-electron chi connectivity index (χ0n) is 10.4. The molecule has 0 bridgehead atoms. The fourth-order valence-corrected chi connectivity index (χ4v) is 2.29. The highest BCUT2D eigenvalue weighted by molar-refractivity contribution is 7.80. The van der Waals surface area contributed by atoms with Crippen molar-refractivity contribution in [1.29, 1.82) is 0 Å². The van der Waals surface area contributed by atoms with Gasteiger partial charge in [0.2, 0.25) is 0 Å². The Labute approximate surface area is 113 Å². The first kappa shape index (κ1) is 13.4. The van der Waals surface area contributed by atoms with Crippen LogP contribution in [0.25, 0.3) is 0 Å². The number of carbonyl (C=O) groups excluding carboxylic acids is 1. The standard InChI is InChI=1S/C14H19NO2S/c16-14(15-7-9-18)12-5-3-11(4-6-12)13-2-1-8-17-10-13/h3-6,13,18H,1-2,7-10H2,(H,15,16). The Balaban J connectivity index is 1.98. The third kappa shape index (κ3) is 3.50. The van der Waals surface area contributed by atoms with E-state index >= 15 is 0 Å². The van der Waals surface area contributed by atoms with Crippen LogP contribution in [0.15, 0.2) is 24.3 Å². The zero-order chi connectivity index (χ0) is 12.8. The summed E-state index contributed by atoms with van der Waals surface area (Å²) in [5, 5.41) is 2.81. The van der Waals surface area contributed by atoms with Crippen molar-refractivity contribution in [3.63, 3.8) is 0 Å². The van der Waals surface area contributed by atoms with Crippen molar-refractivity contribution in [1.82, 2.24) is 5.32 Å². The first-order valence-electron chi connectivity index (χ1n) is 6.38. The minimum Gasteiger partial charge on any atom is -0.381 e. The topological polar surface area (TPSA) is 38.3 Å². The van der Waals surface area contributed by atoms with E-state index in [0.29, 0.717) is 23.8 Å². The van der Waals surface area contributed by atoms with Crippen LogP contribution in [-0.2, 0) is 4.74 Å². The van der Waals surface area contributed by atoms with Gasteiger partial charge >= 0.3 is 0 Å². The van der Waals surface area contributed by atoms with E-state index in [9.17, 15) is 4.79 Å². The van der Waals surface area contributed by atoms with Gasteiger partial charge in [0.1, 0.15) is 0 Å². The van der Waals surface area contributed by atoms with Crippen LogP contribution in [0.4, 0.5) is 0 Å². The Morgan fingerprint density at radius 3 is 2.78 bits per heavy atom. The van der Waals surface area contributed by atoms with Gasteiger partial charge in [-0.15, -0.1) is 0 Å². The van der Waals surface area contributed by atoms with Crippen LogP contribution in [0, 0.1) is 0 Å². The normalized spacial score (nSPS) is 19.5. The van der Waals surface area contributed by atoms with Crippen LogP contribution in [0.5, 0.6) is 0 Å². The number of ether oxygens (including phenoxy) is 1. The van der Waals surface area contributed by atoms with Crippen LogP contribution in [0.3, 0.4) is 0 Å². The largest absolute Gasteiger partial charge is 0.381 e. The maximum atomic E-state index is 11.7. The van der Waals surface area contributed by atoms with E-state index in [0.717, 1.165) is 19.6 Å². The molecule has 1 fully saturated rings. The SMILES string of the molecule is O=C(NCCS)c1ccc(C2CCCOC2)cc1. The van der Waals surface area contributed by atoms with E-state index in [1.807, 2.05) is 24.3 Å². The molecule has 1 aliphatic heterocycles. The van der Waals surface area contributed by atoms with Crippen molar-refractivity contribution in [2.24, 2.45) is 0 Å². The molecule has 3 nitrogen and oxygen atoms in total. The molecule has 4 heteroatoms. The number of benzene rings is 1. The quantitative estimate of drug-likeness (QED) is 0.819. The molecule has 1 amide bonds. The molecule has 0 spiro atoms. The van der Waals surface area contributed by atoms with Crippen molar-refractivity contribution >= 4 is 18.5 Å². The number of thiol groups is 1. The predicted molar refractivity (Wildman–Crippen MR) is 75.4 cm³/mol. The summed E-state index contributed by atoms with van der Waals surface area (Å²) in [5.41, 5.74) is 1.97. The first-order chi connectivity index (χ1) is 8.81. The van der Waals surface area contributed by atoms with Gasteiger partial charge in [-0.25, -0.2) is 0 Å². The minimum atomic E-state index is -0.0319. The van der Waals surface area contributed by atoms with Crippen molar-refractivity contribution < 1.29 is 9.53 Å². The maximum absolute atomic E-state index is 11.7. The molecule has 1 aliphatic rings. The minimum absolute atomic E-state index is 0.0319. The van der Waals surface area contributed by atoms with Crippen molar-refractivity contribution in [2.45, 2.75) is 18.8 Å². The van der Waals surface area contributed by atoms with Crippen LogP contribution in [0.2, 0.25) is 0 Å². The van der Waals surface area contributed by atoms with Gasteiger partial charge in [-0.05, 0) is 30.5 Å². The smallest absolute Gasteiger partial charge is 0.251 e. The second-order valence-corrected chi connectivity index (χ2v) is 4.96. The fraction of sp³-hybridized carbons (Fsp3) is 0.500. The molecule has 1 aromatic carbocycles. The van der Waals surface area contributed by atoms with Gasteiger partial charge in [-0.1, -0.05) is 12.1 Å². The lowest BCUT2D eigenvalue weighted by molar-refractivity contribution is 0.0804. The molecule has 0 radical (unpaired) electrons. The molecule has 1 saturated heterocycles. The van der Waals surface area contributed by atoms with Crippen molar-refractivity contribution in [3.8, 4) is 0 Å². The molecule has 1 unspecified atom stereocenters. The molecular formula is C14H19NO2S. The number of rotatable bonds is 4. The lowest BCUT2D eigenvalue weighted by Crippen LogP contribution is -2.25. The molecule has 18 heavy (non-hydrogen) atoms. The Hall–Kier alpha value is -1.00.